The number of carbonyl (C=O) groups is 4. The van der Waals surface area contributed by atoms with Crippen LogP contribution < -0.4 is 32.7 Å². The molecule has 6 fully saturated rings. The number of hydrogen-bond acceptors (Lipinski definition) is 20. The van der Waals surface area contributed by atoms with Gasteiger partial charge in [-0.1, -0.05) is 85.6 Å². The number of hydrogen-bond donors (Lipinski definition) is 8. The molecule has 6 saturated carbocycles. The molecule has 0 saturated heterocycles. The molecule has 10 N–H and O–H groups in total. The number of esters is 2. The van der Waals surface area contributed by atoms with Crippen LogP contribution in [0, 0.1) is 19.3 Å². The molecule has 8 aliphatic rings. The zero-order valence-electron chi connectivity index (χ0n) is 58.7. The molecule has 554 valence electrons. The van der Waals surface area contributed by atoms with E-state index in [1.807, 2.05) is 97.3 Å². The Kier molecular flexibility index (Phi) is 31.1. The van der Waals surface area contributed by atoms with Gasteiger partial charge in [-0.05, 0) is 242 Å². The minimum atomic E-state index is -1.04. The molecule has 0 radical (unpaired) electrons. The normalized spacial score (nSPS) is 20.8. The number of fused-ring (bicyclic) bond motifs is 2. The summed E-state index contributed by atoms with van der Waals surface area (Å²) in [5.74, 6) is 5.85. The van der Waals surface area contributed by atoms with Gasteiger partial charge in [0, 0.05) is 126 Å². The SMILES string of the molecule is NC1CCC(Nc2nc(Nc3ccc4c(c3)CCC(=O)C4)ncc2C2CC2)CC1.Nc1ccc2c(c1)CCC(=O)C2.O=C(CC1CCC(Nc2nc(Cl)ncc2Br)CC1)OCc1ccccc1.O=C(CC1CCC(Nc2nc(Cl)ncc2C2CC2)CC1)OCc1ccccc1.OB(O)C1CC1.[CH3-].[HH].[Pd]. The fourth-order valence-electron chi connectivity index (χ4n) is 13.6. The fraction of sp³-hybridized carbons (Fsp3) is 0.474. The number of halogens is 3. The Hall–Kier alpha value is -6.93. The molecule has 0 amide bonds. The van der Waals surface area contributed by atoms with Gasteiger partial charge < -0.3 is 59.7 Å². The number of nitrogen functional groups attached to an aromatic ring is 1. The topological polar surface area (TPSA) is 305 Å². The molecule has 0 bridgehead atoms. The average molecular weight is 1600 g/mol. The second kappa shape index (κ2) is 40.0. The van der Waals surface area contributed by atoms with Crippen molar-refractivity contribution >= 4 is 105 Å². The van der Waals surface area contributed by atoms with Gasteiger partial charge in [-0.3, -0.25) is 19.2 Å². The molecule has 15 rings (SSSR count). The van der Waals surface area contributed by atoms with Crippen LogP contribution in [-0.4, -0.2) is 94.7 Å². The molecular formula is C78H99BBrCl2N12O8Pd-. The number of Topliss-reactive ketones (excluding diaryl/α,β-unsaturated/α-hetero) is 2. The van der Waals surface area contributed by atoms with Crippen molar-refractivity contribution in [2.24, 2.45) is 17.6 Å². The molecule has 20 nitrogen and oxygen atoms in total. The third-order valence-electron chi connectivity index (χ3n) is 20.1. The maximum absolute atomic E-state index is 12.2. The quantitative estimate of drug-likeness (QED) is 0.0123. The van der Waals surface area contributed by atoms with E-state index >= 15 is 0 Å². The van der Waals surface area contributed by atoms with E-state index in [0.717, 1.165) is 158 Å². The number of nitrogens with one attached hydrogen (secondary N) is 4. The Balaban J connectivity index is 0.000000174. The van der Waals surface area contributed by atoms with E-state index in [1.54, 1.807) is 6.20 Å². The standard InChI is InChI=1S/C23H29N5O.C22H26ClN3O2.C19H21BrClN3O2.C10H11NO.C3H7BO2.CH3.Pd.H2/c24-17-5-8-18(9-6-17)26-22-21(14-1-2-14)13-25-23(28-22)27-19-7-3-16-12-20(29)10-4-15(16)11-19;23-22-24-13-19(17-8-9-17)21(26-22)25-18-10-6-15(7-11-18)12-20(27)28-14-16-4-2-1-3-5-16;20-16-11-22-19(21)24-18(16)23-15-8-6-13(7-9-15)10-17(25)26-12-14-4-2-1-3-5-14;11-9-3-1-8-6-10(12)4-2-7(8)5-9;5-4(6)3-1-2-3;;;/h3,7,11,13-14,17-18H,1-2,4-6,8-10,12,24H2,(H2,25,26,27,28);1-5,13,15,17-18H,6-12,14H2,(H,24,25,26);1-5,11,13,15H,6-10,12H2,(H,22,23,24);1,3,5H,2,4,6,11H2;3,5-6H,1-2H2;1H3;;1H/q;;;;;-1;;. The van der Waals surface area contributed by atoms with Crippen molar-refractivity contribution in [3.8, 4) is 0 Å². The van der Waals surface area contributed by atoms with Gasteiger partial charge in [-0.25, -0.2) is 19.9 Å². The number of anilines is 6. The first-order valence-electron chi connectivity index (χ1n) is 36.1. The summed E-state index contributed by atoms with van der Waals surface area (Å²) in [6, 6.07) is 33.1. The summed E-state index contributed by atoms with van der Waals surface area (Å²) in [4.78, 5) is 73.1. The number of nitrogens with zero attached hydrogens (tertiary/aromatic N) is 6. The molecule has 7 aromatic rings. The van der Waals surface area contributed by atoms with Crippen molar-refractivity contribution < 1.29 is 60.5 Å². The minimum Gasteiger partial charge on any atom is -0.461 e. The minimum absolute atomic E-state index is 0. The summed E-state index contributed by atoms with van der Waals surface area (Å²) in [6.07, 6.45) is 29.9. The third-order valence-corrected chi connectivity index (χ3v) is 21.0. The Bertz CT molecular complexity index is 3910. The van der Waals surface area contributed by atoms with Crippen LogP contribution in [0.25, 0.3) is 0 Å². The zero-order valence-corrected chi connectivity index (χ0v) is 63.3. The predicted molar refractivity (Wildman–Crippen MR) is 408 cm³/mol. The molecule has 0 unspecified atom stereocenters. The first kappa shape index (κ1) is 80.2. The van der Waals surface area contributed by atoms with E-state index < -0.39 is 7.12 Å². The van der Waals surface area contributed by atoms with Crippen LogP contribution in [0.1, 0.15) is 199 Å². The maximum Gasteiger partial charge on any atom is 0.454 e. The van der Waals surface area contributed by atoms with E-state index in [2.05, 4.69) is 74.2 Å². The van der Waals surface area contributed by atoms with Crippen LogP contribution in [0.5, 0.6) is 0 Å². The van der Waals surface area contributed by atoms with Crippen LogP contribution in [0.3, 0.4) is 0 Å². The van der Waals surface area contributed by atoms with Crippen LogP contribution in [0.2, 0.25) is 16.4 Å². The van der Waals surface area contributed by atoms with Gasteiger partial charge in [0.1, 0.15) is 42.2 Å². The van der Waals surface area contributed by atoms with Crippen molar-refractivity contribution in [1.82, 2.24) is 29.9 Å². The monoisotopic (exact) mass is 1600 g/mol. The van der Waals surface area contributed by atoms with Gasteiger partial charge >= 0.3 is 19.1 Å². The van der Waals surface area contributed by atoms with Gasteiger partial charge in [-0.2, -0.15) is 9.97 Å². The number of aryl methyl sites for hydroxylation is 2. The average Bonchev–Trinajstić information content (AvgIpc) is 1.61. The molecule has 0 aliphatic heterocycles. The molecule has 3 aromatic heterocycles. The van der Waals surface area contributed by atoms with Crippen LogP contribution in [0.15, 0.2) is 120 Å². The number of nitrogens with two attached hydrogens (primary N) is 2. The predicted octanol–water partition coefficient (Wildman–Crippen LogP) is 15.6. The number of benzene rings is 4. The number of ketones is 2. The van der Waals surface area contributed by atoms with Gasteiger partial charge in [0.25, 0.3) is 0 Å². The summed E-state index contributed by atoms with van der Waals surface area (Å²) < 4.78 is 11.6. The molecule has 103 heavy (non-hydrogen) atoms. The summed E-state index contributed by atoms with van der Waals surface area (Å²) in [5, 5.41) is 31.1. The summed E-state index contributed by atoms with van der Waals surface area (Å²) >= 11 is 15.3. The summed E-state index contributed by atoms with van der Waals surface area (Å²) in [7, 11) is -1.04. The van der Waals surface area contributed by atoms with Crippen LogP contribution in [0.4, 0.5) is 34.8 Å². The largest absolute Gasteiger partial charge is 0.461 e. The van der Waals surface area contributed by atoms with Gasteiger partial charge in [0.2, 0.25) is 16.5 Å². The molecule has 4 aromatic carbocycles. The number of ether oxygens (including phenoxy) is 2. The second-order valence-electron chi connectivity index (χ2n) is 28.3. The first-order chi connectivity index (χ1) is 49.0. The number of carbonyl (C=O) groups excluding carboxylic acids is 4. The Morgan fingerprint density at radius 2 is 0.990 bits per heavy atom. The Morgan fingerprint density at radius 3 is 1.48 bits per heavy atom. The molecule has 8 aliphatic carbocycles. The number of rotatable bonds is 19. The molecule has 0 spiro atoms. The van der Waals surface area contributed by atoms with E-state index in [-0.39, 0.29) is 52.3 Å². The van der Waals surface area contributed by atoms with Gasteiger partial charge in [0.15, 0.2) is 0 Å². The Labute approximate surface area is 639 Å². The first-order valence-corrected chi connectivity index (χ1v) is 37.7. The molecular weight excluding hydrogens is 1500 g/mol. The Morgan fingerprint density at radius 1 is 0.544 bits per heavy atom. The van der Waals surface area contributed by atoms with Gasteiger partial charge in [-0.15, -0.1) is 0 Å². The van der Waals surface area contributed by atoms with Gasteiger partial charge in [0.05, 0.1) is 4.47 Å². The van der Waals surface area contributed by atoms with E-state index in [0.29, 0.717) is 122 Å². The van der Waals surface area contributed by atoms with Crippen molar-refractivity contribution in [2.45, 2.75) is 222 Å². The van der Waals surface area contributed by atoms with Crippen LogP contribution in [-0.2, 0) is 88.0 Å². The number of aromatic nitrogens is 6. The fourth-order valence-corrected chi connectivity index (χ4v) is 14.2. The molecule has 3 heterocycles. The van der Waals surface area contributed by atoms with Crippen molar-refractivity contribution in [3.63, 3.8) is 0 Å². The maximum atomic E-state index is 12.2. The van der Waals surface area contributed by atoms with Crippen molar-refractivity contribution in [3.05, 3.63) is 183 Å². The van der Waals surface area contributed by atoms with E-state index in [9.17, 15) is 19.2 Å². The second-order valence-corrected chi connectivity index (χ2v) is 29.9. The molecule has 0 atom stereocenters. The van der Waals surface area contributed by atoms with E-state index in [1.165, 1.54) is 47.9 Å². The smallest absolute Gasteiger partial charge is 0.454 e. The third kappa shape index (κ3) is 26.3. The van der Waals surface area contributed by atoms with Crippen molar-refractivity contribution in [1.29, 1.82) is 0 Å². The van der Waals surface area contributed by atoms with E-state index in [4.69, 9.17) is 59.2 Å². The van der Waals surface area contributed by atoms with Crippen molar-refractivity contribution in [2.75, 3.05) is 27.0 Å². The van der Waals surface area contributed by atoms with Crippen LogP contribution >= 0.6 is 39.1 Å². The summed E-state index contributed by atoms with van der Waals surface area (Å²) in [5.41, 5.74) is 22.7. The molecule has 25 heteroatoms. The zero-order chi connectivity index (χ0) is 70.6. The summed E-state index contributed by atoms with van der Waals surface area (Å²) in [6.45, 7) is 0.702.